The quantitative estimate of drug-likeness (QED) is 0.597. The largest absolute Gasteiger partial charge is 0.468 e. The highest BCUT2D eigenvalue weighted by Gasteiger charge is 2.42. The molecule has 0 aromatic heterocycles. The number of hydrogen-bond acceptors (Lipinski definition) is 5. The summed E-state index contributed by atoms with van der Waals surface area (Å²) in [6.45, 7) is 1.46. The fourth-order valence-electron chi connectivity index (χ4n) is 1.73. The van der Waals surface area contributed by atoms with Crippen molar-refractivity contribution in [3.05, 3.63) is 60.7 Å². The van der Waals surface area contributed by atoms with Crippen LogP contribution in [-0.2, 0) is 14.1 Å². The Hall–Kier alpha value is -2.26. The third-order valence-electron chi connectivity index (χ3n) is 2.97. The molecule has 0 aliphatic heterocycles. The summed E-state index contributed by atoms with van der Waals surface area (Å²) < 4.78 is 28.8. The minimum Gasteiger partial charge on any atom is -0.468 e. The molecule has 2 rings (SSSR count). The first-order chi connectivity index (χ1) is 10.5. The van der Waals surface area contributed by atoms with Gasteiger partial charge in [0.05, 0.1) is 7.11 Å². The smallest absolute Gasteiger partial charge is 0.444 e. The number of para-hydroxylation sites is 2. The second kappa shape index (κ2) is 7.14. The number of benzene rings is 2. The molecule has 0 aliphatic carbocycles. The van der Waals surface area contributed by atoms with Crippen molar-refractivity contribution in [1.29, 1.82) is 0 Å². The number of rotatable bonds is 6. The highest BCUT2D eigenvalue weighted by atomic mass is 31.2. The molecule has 0 bridgehead atoms. The highest BCUT2D eigenvalue weighted by molar-refractivity contribution is 7.56. The molecule has 5 nitrogen and oxygen atoms in total. The average Bonchev–Trinajstić information content (AvgIpc) is 2.55. The van der Waals surface area contributed by atoms with E-state index in [1.165, 1.54) is 14.0 Å². The third kappa shape index (κ3) is 3.89. The van der Waals surface area contributed by atoms with E-state index >= 15 is 0 Å². The lowest BCUT2D eigenvalue weighted by Crippen LogP contribution is -2.24. The highest BCUT2D eigenvalue weighted by Crippen LogP contribution is 2.53. The normalized spacial score (nSPS) is 12.3. The monoisotopic (exact) mass is 320 g/mol. The molecule has 2 aromatic rings. The van der Waals surface area contributed by atoms with Crippen molar-refractivity contribution in [2.24, 2.45) is 0 Å². The van der Waals surface area contributed by atoms with Crippen LogP contribution in [-0.4, -0.2) is 18.7 Å². The average molecular weight is 320 g/mol. The zero-order valence-corrected chi connectivity index (χ0v) is 13.2. The summed E-state index contributed by atoms with van der Waals surface area (Å²) in [6, 6.07) is 17.1. The van der Waals surface area contributed by atoms with Crippen LogP contribution in [0.4, 0.5) is 0 Å². The molecule has 0 heterocycles. The van der Waals surface area contributed by atoms with Crippen LogP contribution in [0.2, 0.25) is 0 Å². The fraction of sp³-hybridized carbons (Fsp3) is 0.188. The number of carbonyl (C=O) groups excluding carboxylic acids is 1. The van der Waals surface area contributed by atoms with Gasteiger partial charge >= 0.3 is 13.6 Å². The van der Waals surface area contributed by atoms with Crippen molar-refractivity contribution in [3.8, 4) is 11.5 Å². The Kier molecular flexibility index (Phi) is 5.23. The Labute approximate surface area is 129 Å². The number of hydrogen-bond donors (Lipinski definition) is 0. The van der Waals surface area contributed by atoms with E-state index in [9.17, 15) is 9.36 Å². The molecule has 1 unspecified atom stereocenters. The summed E-state index contributed by atoms with van der Waals surface area (Å²) in [4.78, 5) is 11.8. The van der Waals surface area contributed by atoms with Crippen LogP contribution in [0, 0.1) is 0 Å². The molecule has 0 N–H and O–H groups in total. The first-order valence-corrected chi connectivity index (χ1v) is 8.33. The van der Waals surface area contributed by atoms with E-state index in [4.69, 9.17) is 9.05 Å². The molecule has 1 atom stereocenters. The van der Waals surface area contributed by atoms with Gasteiger partial charge in [0.1, 0.15) is 11.5 Å². The van der Waals surface area contributed by atoms with E-state index < -0.39 is 19.2 Å². The van der Waals surface area contributed by atoms with Gasteiger partial charge in [0, 0.05) is 0 Å². The molecule has 0 radical (unpaired) electrons. The van der Waals surface area contributed by atoms with Gasteiger partial charge in [-0.3, -0.25) is 4.79 Å². The van der Waals surface area contributed by atoms with Gasteiger partial charge in [-0.2, -0.15) is 0 Å². The van der Waals surface area contributed by atoms with Crippen LogP contribution in [0.25, 0.3) is 0 Å². The Morgan fingerprint density at radius 2 is 1.32 bits per heavy atom. The molecule has 0 aliphatic rings. The molecule has 0 saturated carbocycles. The maximum atomic E-state index is 13.1. The van der Waals surface area contributed by atoms with Crippen LogP contribution in [0.15, 0.2) is 60.7 Å². The molecular formula is C16H17O5P. The molecule has 0 saturated heterocycles. The molecule has 0 amide bonds. The maximum Gasteiger partial charge on any atom is 0.444 e. The van der Waals surface area contributed by atoms with Gasteiger partial charge in [0.2, 0.25) is 0 Å². The summed E-state index contributed by atoms with van der Waals surface area (Å²) in [5.74, 6) is 0.0604. The zero-order valence-electron chi connectivity index (χ0n) is 12.3. The zero-order chi connectivity index (χ0) is 16.0. The summed E-state index contributed by atoms with van der Waals surface area (Å²) in [5.41, 5.74) is -1.06. The van der Waals surface area contributed by atoms with Crippen molar-refractivity contribution in [2.45, 2.75) is 12.6 Å². The second-order valence-electron chi connectivity index (χ2n) is 4.55. The van der Waals surface area contributed by atoms with Gasteiger partial charge in [-0.15, -0.1) is 0 Å². The SMILES string of the molecule is COC(=O)C(C)P(=O)(Oc1ccccc1)Oc1ccccc1. The van der Waals surface area contributed by atoms with Gasteiger partial charge in [0.15, 0.2) is 5.66 Å². The molecule has 116 valence electrons. The van der Waals surface area contributed by atoms with Crippen molar-refractivity contribution >= 4 is 13.6 Å². The van der Waals surface area contributed by atoms with Gasteiger partial charge in [-0.1, -0.05) is 36.4 Å². The maximum absolute atomic E-state index is 13.1. The predicted molar refractivity (Wildman–Crippen MR) is 83.2 cm³/mol. The van der Waals surface area contributed by atoms with Crippen molar-refractivity contribution in [1.82, 2.24) is 0 Å². The van der Waals surface area contributed by atoms with E-state index in [-0.39, 0.29) is 0 Å². The molecule has 2 aromatic carbocycles. The standard InChI is InChI=1S/C16H17O5P/c1-13(16(17)19-2)22(18,20-14-9-5-3-6-10-14)21-15-11-7-4-8-12-15/h3-13H,1-2H3. The number of carbonyl (C=O) groups is 1. The number of esters is 1. The van der Waals surface area contributed by atoms with Crippen molar-refractivity contribution in [2.75, 3.05) is 7.11 Å². The molecule has 0 spiro atoms. The van der Waals surface area contributed by atoms with Crippen LogP contribution in [0.1, 0.15) is 6.92 Å². The molecule has 6 heteroatoms. The van der Waals surface area contributed by atoms with Gasteiger partial charge in [0.25, 0.3) is 0 Å². The minimum absolute atomic E-state index is 0.359. The van der Waals surface area contributed by atoms with Crippen LogP contribution in [0.5, 0.6) is 11.5 Å². The molecule has 22 heavy (non-hydrogen) atoms. The van der Waals surface area contributed by atoms with E-state index in [1.807, 2.05) is 0 Å². The Bertz CT molecular complexity index is 611. The second-order valence-corrected chi connectivity index (χ2v) is 6.77. The van der Waals surface area contributed by atoms with Gasteiger partial charge in [-0.25, -0.2) is 4.57 Å². The molecular weight excluding hydrogens is 303 g/mol. The lowest BCUT2D eigenvalue weighted by molar-refractivity contribution is -0.140. The van der Waals surface area contributed by atoms with Crippen LogP contribution >= 0.6 is 7.60 Å². The predicted octanol–water partition coefficient (Wildman–Crippen LogP) is 3.90. The fourth-order valence-corrected chi connectivity index (χ4v) is 3.28. The van der Waals surface area contributed by atoms with Crippen LogP contribution in [0.3, 0.4) is 0 Å². The van der Waals surface area contributed by atoms with E-state index in [2.05, 4.69) is 4.74 Å². The van der Waals surface area contributed by atoms with Crippen molar-refractivity contribution < 1.29 is 23.1 Å². The summed E-state index contributed by atoms with van der Waals surface area (Å²) in [7, 11) is -2.57. The van der Waals surface area contributed by atoms with Gasteiger partial charge in [-0.05, 0) is 31.2 Å². The number of ether oxygens (including phenoxy) is 1. The summed E-state index contributed by atoms with van der Waals surface area (Å²) in [5, 5.41) is 0. The molecule has 0 fully saturated rings. The lowest BCUT2D eigenvalue weighted by Gasteiger charge is -2.23. The Morgan fingerprint density at radius 1 is 0.909 bits per heavy atom. The van der Waals surface area contributed by atoms with E-state index in [0.717, 1.165) is 0 Å². The number of methoxy groups -OCH3 is 1. The van der Waals surface area contributed by atoms with Gasteiger partial charge < -0.3 is 13.8 Å². The topological polar surface area (TPSA) is 61.8 Å². The lowest BCUT2D eigenvalue weighted by atomic mass is 10.3. The third-order valence-corrected chi connectivity index (χ3v) is 5.06. The first-order valence-electron chi connectivity index (χ1n) is 6.72. The van der Waals surface area contributed by atoms with Crippen molar-refractivity contribution in [3.63, 3.8) is 0 Å². The van der Waals surface area contributed by atoms with E-state index in [0.29, 0.717) is 11.5 Å². The summed E-state index contributed by atoms with van der Waals surface area (Å²) in [6.07, 6.45) is 0. The Morgan fingerprint density at radius 3 is 1.68 bits per heavy atom. The minimum atomic E-state index is -3.80. The van der Waals surface area contributed by atoms with E-state index in [1.54, 1.807) is 60.7 Å². The first kappa shape index (κ1) is 16.1. The summed E-state index contributed by atoms with van der Waals surface area (Å²) >= 11 is 0. The Balaban J connectivity index is 2.31. The van der Waals surface area contributed by atoms with Crippen LogP contribution < -0.4 is 9.05 Å².